The molecule has 0 bridgehead atoms. The summed E-state index contributed by atoms with van der Waals surface area (Å²) in [5.74, 6) is 0. The van der Waals surface area contributed by atoms with E-state index in [-0.39, 0.29) is 24.0 Å². The van der Waals surface area contributed by atoms with E-state index in [0.717, 1.165) is 0 Å². The Labute approximate surface area is 145 Å². The maximum absolute atomic E-state index is 12.9. The van der Waals surface area contributed by atoms with Gasteiger partial charge in [0.1, 0.15) is 0 Å². The molecule has 0 saturated carbocycles. The van der Waals surface area contributed by atoms with Crippen molar-refractivity contribution < 1.29 is 35.9 Å². The van der Waals surface area contributed by atoms with Gasteiger partial charge in [0.2, 0.25) is 0 Å². The monoisotopic (exact) mass is 558 g/mol. The van der Waals surface area contributed by atoms with Crippen LogP contribution in [0.3, 0.4) is 0 Å². The molecule has 0 radical (unpaired) electrons. The first-order chi connectivity index (χ1) is 11.5. The number of hydrogen-bond donors (Lipinski definition) is 2. The molecule has 11 heteroatoms. The fourth-order valence-electron chi connectivity index (χ4n) is 2.59. The van der Waals surface area contributed by atoms with Crippen LogP contribution in [0.1, 0.15) is 5.56 Å². The number of aromatic nitrogens is 1. The number of hydrogen-bond acceptors (Lipinski definition) is 3. The van der Waals surface area contributed by atoms with Gasteiger partial charge in [-0.25, -0.2) is 0 Å². The molecular formula is C14H11F6N2O2Tl. The SMILES string of the molecule is NCCc1[c]([Tl]([C](=O)C(F)(F)F)[C](=O)C(F)(F)F)[nH]c2ccccc12. The van der Waals surface area contributed by atoms with Gasteiger partial charge in [-0.1, -0.05) is 0 Å². The molecule has 0 fully saturated rings. The van der Waals surface area contributed by atoms with Gasteiger partial charge in [-0.05, 0) is 0 Å². The number of alkyl halides is 6. The van der Waals surface area contributed by atoms with E-state index in [9.17, 15) is 35.9 Å². The molecule has 3 N–H and O–H groups in total. The molecule has 0 aliphatic heterocycles. The third-order valence-corrected chi connectivity index (χ3v) is 14.4. The van der Waals surface area contributed by atoms with Crippen LogP contribution in [0.25, 0.3) is 10.9 Å². The van der Waals surface area contributed by atoms with Crippen LogP contribution in [0.2, 0.25) is 0 Å². The van der Waals surface area contributed by atoms with E-state index in [0.29, 0.717) is 5.39 Å². The molecule has 2 rings (SSSR count). The fourth-order valence-corrected chi connectivity index (χ4v) is 11.8. The molecule has 2 aromatic rings. The number of halogens is 6. The van der Waals surface area contributed by atoms with Gasteiger partial charge in [0.15, 0.2) is 0 Å². The summed E-state index contributed by atoms with van der Waals surface area (Å²) in [6.45, 7) is -0.0597. The topological polar surface area (TPSA) is 76.0 Å². The predicted octanol–water partition coefficient (Wildman–Crippen LogP) is 1.71. The zero-order valence-electron chi connectivity index (χ0n) is 12.5. The summed E-state index contributed by atoms with van der Waals surface area (Å²) in [4.78, 5) is 25.8. The predicted molar refractivity (Wildman–Crippen MR) is 78.6 cm³/mol. The summed E-state index contributed by atoms with van der Waals surface area (Å²) in [6.07, 6.45) is -11.1. The minimum absolute atomic E-state index is 0.0495. The van der Waals surface area contributed by atoms with E-state index >= 15 is 0 Å². The second-order valence-electron chi connectivity index (χ2n) is 5.26. The van der Waals surface area contributed by atoms with E-state index in [2.05, 4.69) is 4.98 Å². The third-order valence-electron chi connectivity index (χ3n) is 3.61. The zero-order chi connectivity index (χ0) is 19.0. The molecule has 1 aromatic heterocycles. The number of carbonyl (C=O) groups is 2. The van der Waals surface area contributed by atoms with E-state index in [1.807, 2.05) is 0 Å². The van der Waals surface area contributed by atoms with Crippen molar-refractivity contribution in [1.29, 1.82) is 0 Å². The molecule has 134 valence electrons. The normalized spacial score (nSPS) is 12.4. The van der Waals surface area contributed by atoms with Crippen molar-refractivity contribution in [2.24, 2.45) is 5.73 Å². The van der Waals surface area contributed by atoms with Gasteiger partial charge in [0, 0.05) is 0 Å². The standard InChI is InChI=1S/C10H11N2.2C2F3O.Tl/c11-6-5-8-7-12-10-4-2-1-3-9(8)10;2*3-2(4,5)1-6;/h1-4,12H,5-6,11H2;;;. The number of fused-ring (bicyclic) bond motifs is 1. The molecule has 0 unspecified atom stereocenters. The van der Waals surface area contributed by atoms with Crippen molar-refractivity contribution >= 4 is 43.5 Å². The number of rotatable bonds is 5. The van der Waals surface area contributed by atoms with Gasteiger partial charge in [-0.15, -0.1) is 0 Å². The number of para-hydroxylation sites is 1. The van der Waals surface area contributed by atoms with Crippen molar-refractivity contribution in [2.45, 2.75) is 18.8 Å². The van der Waals surface area contributed by atoms with Crippen LogP contribution < -0.4 is 8.99 Å². The molecular weight excluding hydrogens is 547 g/mol. The average Bonchev–Trinajstić information content (AvgIpc) is 2.85. The van der Waals surface area contributed by atoms with Gasteiger partial charge in [0.25, 0.3) is 0 Å². The number of nitrogens with two attached hydrogens (primary N) is 1. The Morgan fingerprint density at radius 1 is 1.00 bits per heavy atom. The van der Waals surface area contributed by atoms with E-state index < -0.39 is 45.0 Å². The molecule has 1 heterocycles. The molecule has 25 heavy (non-hydrogen) atoms. The van der Waals surface area contributed by atoms with Crippen molar-refractivity contribution in [3.05, 3.63) is 29.8 Å². The summed E-state index contributed by atoms with van der Waals surface area (Å²) >= 11 is -5.88. The van der Waals surface area contributed by atoms with Crippen LogP contribution in [-0.2, 0) is 16.0 Å². The molecule has 4 nitrogen and oxygen atoms in total. The zero-order valence-corrected chi connectivity index (χ0v) is 17.0. The van der Waals surface area contributed by atoms with Crippen molar-refractivity contribution in [3.8, 4) is 0 Å². The molecule has 0 saturated heterocycles. The maximum atomic E-state index is 12.9. The van der Waals surface area contributed by atoms with Crippen LogP contribution in [0, 0.1) is 0 Å². The van der Waals surface area contributed by atoms with Gasteiger partial charge in [-0.3, -0.25) is 0 Å². The van der Waals surface area contributed by atoms with Gasteiger partial charge in [0.05, 0.1) is 0 Å². The number of carbonyl (C=O) groups excluding carboxylic acids is 2. The Balaban J connectivity index is 2.73. The quantitative estimate of drug-likeness (QED) is 0.434. The molecule has 0 atom stereocenters. The van der Waals surface area contributed by atoms with Crippen molar-refractivity contribution in [1.82, 2.24) is 4.98 Å². The second kappa shape index (κ2) is 7.05. The number of H-pyrrole nitrogens is 1. The van der Waals surface area contributed by atoms with Crippen LogP contribution >= 0.6 is 0 Å². The fraction of sp³-hybridized carbons (Fsp3) is 0.286. The first kappa shape index (κ1) is 19.9. The Kier molecular flexibility index (Phi) is 5.61. The Morgan fingerprint density at radius 2 is 1.52 bits per heavy atom. The Hall–Kier alpha value is -1.44. The number of aromatic amines is 1. The van der Waals surface area contributed by atoms with Crippen molar-refractivity contribution in [3.63, 3.8) is 0 Å². The average molecular weight is 558 g/mol. The van der Waals surface area contributed by atoms with Crippen LogP contribution in [0.15, 0.2) is 24.3 Å². The summed E-state index contributed by atoms with van der Waals surface area (Å²) in [6, 6.07) is 6.00. The molecule has 0 amide bonds. The van der Waals surface area contributed by atoms with Gasteiger partial charge in [-0.2, -0.15) is 0 Å². The number of benzene rings is 1. The second-order valence-corrected chi connectivity index (χ2v) is 14.9. The summed E-state index contributed by atoms with van der Waals surface area (Å²) in [7, 11) is 0. The van der Waals surface area contributed by atoms with Crippen molar-refractivity contribution in [2.75, 3.05) is 6.54 Å². The van der Waals surface area contributed by atoms with Crippen LogP contribution in [0.5, 0.6) is 0 Å². The van der Waals surface area contributed by atoms with E-state index in [1.165, 1.54) is 18.2 Å². The Morgan fingerprint density at radius 3 is 2.00 bits per heavy atom. The Bertz CT molecular complexity index is 786. The first-order valence-electron chi connectivity index (χ1n) is 7.00. The first-order valence-corrected chi connectivity index (χ1v) is 13.7. The van der Waals surface area contributed by atoms with Crippen LogP contribution in [0.4, 0.5) is 26.3 Å². The third kappa shape index (κ3) is 4.05. The number of nitrogens with one attached hydrogen (secondary N) is 1. The van der Waals surface area contributed by atoms with Crippen LogP contribution in [-0.4, -0.2) is 53.3 Å². The summed E-state index contributed by atoms with van der Waals surface area (Å²) in [5.41, 5.74) is 5.74. The van der Waals surface area contributed by atoms with E-state index in [4.69, 9.17) is 5.73 Å². The van der Waals surface area contributed by atoms with E-state index in [1.54, 1.807) is 6.07 Å². The molecule has 0 spiro atoms. The van der Waals surface area contributed by atoms with Gasteiger partial charge < -0.3 is 0 Å². The molecule has 0 aliphatic rings. The summed E-state index contributed by atoms with van der Waals surface area (Å²) < 4.78 is 71.5. The van der Waals surface area contributed by atoms with Gasteiger partial charge >= 0.3 is 145 Å². The summed E-state index contributed by atoms with van der Waals surface area (Å²) in [5, 5.41) is 0.359. The minimum atomic E-state index is -5.88. The molecule has 0 aliphatic carbocycles. The molecule has 1 aromatic carbocycles.